The molecule has 1 heterocycles. The Labute approximate surface area is 171 Å². The molecule has 1 atom stereocenters. The van der Waals surface area contributed by atoms with Crippen LogP contribution in [0.2, 0.25) is 0 Å². The van der Waals surface area contributed by atoms with E-state index in [1.807, 2.05) is 4.90 Å². The number of likely N-dealkylation sites (tertiary alicyclic amines) is 1. The van der Waals surface area contributed by atoms with Crippen LogP contribution in [-0.2, 0) is 10.7 Å². The Bertz CT molecular complexity index is 694. The number of hydrazone groups is 1. The van der Waals surface area contributed by atoms with Gasteiger partial charge in [0.25, 0.3) is 5.92 Å². The van der Waals surface area contributed by atoms with E-state index < -0.39 is 5.92 Å². The number of carbonyl (C=O) groups is 1. The molecule has 1 unspecified atom stereocenters. The Morgan fingerprint density at radius 2 is 1.97 bits per heavy atom. The van der Waals surface area contributed by atoms with Gasteiger partial charge in [0.15, 0.2) is 0 Å². The van der Waals surface area contributed by atoms with Gasteiger partial charge in [-0.1, -0.05) is 55.3 Å². The SMILES string of the molecule is NN/N=C(\N)CCCCCCN1C(=O)CCC1/C=C/CC(F)(F)c1ccccc1. The number of nitrogens with zero attached hydrogens (tertiary/aromatic N) is 2. The number of allylic oxidation sites excluding steroid dienone is 1. The number of carbonyl (C=O) groups excluding carboxylic acids is 1. The first kappa shape index (κ1) is 22.8. The van der Waals surface area contributed by atoms with Gasteiger partial charge in [0.05, 0.1) is 6.04 Å². The van der Waals surface area contributed by atoms with E-state index in [9.17, 15) is 13.6 Å². The zero-order valence-electron chi connectivity index (χ0n) is 16.7. The molecular formula is C21H31F2N5O. The van der Waals surface area contributed by atoms with Gasteiger partial charge in [0.2, 0.25) is 5.91 Å². The lowest BCUT2D eigenvalue weighted by atomic mass is 10.0. The number of amidine groups is 1. The molecule has 1 aliphatic rings. The van der Waals surface area contributed by atoms with E-state index in [4.69, 9.17) is 11.6 Å². The average molecular weight is 408 g/mol. The molecule has 29 heavy (non-hydrogen) atoms. The maximum atomic E-state index is 14.3. The first-order valence-corrected chi connectivity index (χ1v) is 10.1. The van der Waals surface area contributed by atoms with E-state index in [1.54, 1.807) is 24.3 Å². The van der Waals surface area contributed by atoms with Crippen LogP contribution in [-0.4, -0.2) is 29.2 Å². The topological polar surface area (TPSA) is 96.7 Å². The zero-order chi connectivity index (χ0) is 21.1. The predicted octanol–water partition coefficient (Wildman–Crippen LogP) is 3.40. The standard InChI is InChI=1S/C21H31F2N5O/c22-21(23,17-9-4-3-5-10-17)15-8-11-18-13-14-20(29)28(18)16-7-2-1-6-12-19(24)26-27-25/h3-5,8-11,18,27H,1-2,6-7,12-16,25H2,(H2,24,26)/b11-8+. The molecule has 0 saturated carbocycles. The van der Waals surface area contributed by atoms with Crippen LogP contribution in [0.15, 0.2) is 47.6 Å². The van der Waals surface area contributed by atoms with E-state index in [0.29, 0.717) is 31.6 Å². The summed E-state index contributed by atoms with van der Waals surface area (Å²) < 4.78 is 28.5. The quantitative estimate of drug-likeness (QED) is 0.124. The molecule has 1 aromatic carbocycles. The summed E-state index contributed by atoms with van der Waals surface area (Å²) >= 11 is 0. The van der Waals surface area contributed by atoms with Crippen molar-refractivity contribution in [3.8, 4) is 0 Å². The van der Waals surface area contributed by atoms with Crippen molar-refractivity contribution in [2.45, 2.75) is 63.3 Å². The minimum Gasteiger partial charge on any atom is -0.386 e. The van der Waals surface area contributed by atoms with Gasteiger partial charge in [0, 0.05) is 31.4 Å². The largest absolute Gasteiger partial charge is 0.386 e. The lowest BCUT2D eigenvalue weighted by Gasteiger charge is -2.22. The molecule has 160 valence electrons. The number of amides is 1. The summed E-state index contributed by atoms with van der Waals surface area (Å²) in [6.07, 6.45) is 8.47. The van der Waals surface area contributed by atoms with Crippen molar-refractivity contribution in [3.05, 3.63) is 48.0 Å². The Balaban J connectivity index is 1.75. The zero-order valence-corrected chi connectivity index (χ0v) is 16.7. The van der Waals surface area contributed by atoms with Gasteiger partial charge >= 0.3 is 0 Å². The molecule has 1 fully saturated rings. The molecule has 1 amide bonds. The fourth-order valence-electron chi connectivity index (χ4n) is 3.50. The van der Waals surface area contributed by atoms with E-state index in [0.717, 1.165) is 25.7 Å². The van der Waals surface area contributed by atoms with Crippen LogP contribution in [0.1, 0.15) is 56.9 Å². The Morgan fingerprint density at radius 1 is 1.24 bits per heavy atom. The summed E-state index contributed by atoms with van der Waals surface area (Å²) in [4.78, 5) is 14.0. The van der Waals surface area contributed by atoms with E-state index >= 15 is 0 Å². The molecule has 6 nitrogen and oxygen atoms in total. The van der Waals surface area contributed by atoms with Crippen LogP contribution in [0.4, 0.5) is 8.78 Å². The minimum atomic E-state index is -2.91. The van der Waals surface area contributed by atoms with Gasteiger partial charge < -0.3 is 10.6 Å². The second-order valence-corrected chi connectivity index (χ2v) is 7.29. The van der Waals surface area contributed by atoms with Gasteiger partial charge in [-0.2, -0.15) is 5.10 Å². The minimum absolute atomic E-state index is 0.0110. The van der Waals surface area contributed by atoms with Crippen molar-refractivity contribution in [2.75, 3.05) is 6.54 Å². The molecule has 0 radical (unpaired) electrons. The van der Waals surface area contributed by atoms with E-state index in [1.165, 1.54) is 18.2 Å². The van der Waals surface area contributed by atoms with Gasteiger partial charge in [-0.05, 0) is 19.3 Å². The number of nitrogens with one attached hydrogen (secondary N) is 1. The third-order valence-electron chi connectivity index (χ3n) is 5.09. The molecule has 0 bridgehead atoms. The third kappa shape index (κ3) is 7.45. The van der Waals surface area contributed by atoms with Crippen LogP contribution in [0.25, 0.3) is 0 Å². The number of benzene rings is 1. The van der Waals surface area contributed by atoms with Gasteiger partial charge in [-0.15, -0.1) is 0 Å². The van der Waals surface area contributed by atoms with Crippen LogP contribution in [0.5, 0.6) is 0 Å². The Kier molecular flexibility index (Phi) is 9.05. The van der Waals surface area contributed by atoms with E-state index in [-0.39, 0.29) is 23.9 Å². The highest BCUT2D eigenvalue weighted by Gasteiger charge is 2.31. The molecule has 1 aromatic rings. The number of hydrogen-bond acceptors (Lipinski definition) is 4. The number of alkyl halides is 2. The summed E-state index contributed by atoms with van der Waals surface area (Å²) in [5, 5.41) is 3.70. The first-order valence-electron chi connectivity index (χ1n) is 10.1. The number of rotatable bonds is 12. The lowest BCUT2D eigenvalue weighted by molar-refractivity contribution is -0.128. The second kappa shape index (κ2) is 11.5. The van der Waals surface area contributed by atoms with Crippen LogP contribution < -0.4 is 17.1 Å². The Hall–Kier alpha value is -2.48. The van der Waals surface area contributed by atoms with Crippen LogP contribution >= 0.6 is 0 Å². The maximum Gasteiger partial charge on any atom is 0.276 e. The highest BCUT2D eigenvalue weighted by Crippen LogP contribution is 2.32. The molecule has 1 saturated heterocycles. The maximum absolute atomic E-state index is 14.3. The Morgan fingerprint density at radius 3 is 2.69 bits per heavy atom. The summed E-state index contributed by atoms with van der Waals surface area (Å²) in [6.45, 7) is 0.650. The summed E-state index contributed by atoms with van der Waals surface area (Å²) in [6, 6.07) is 7.72. The number of halogens is 2. The first-order chi connectivity index (χ1) is 13.9. The number of nitrogens with two attached hydrogens (primary N) is 2. The molecule has 0 aromatic heterocycles. The summed E-state index contributed by atoms with van der Waals surface area (Å²) in [5.74, 6) is 2.73. The van der Waals surface area contributed by atoms with Crippen molar-refractivity contribution in [1.82, 2.24) is 10.4 Å². The van der Waals surface area contributed by atoms with Crippen molar-refractivity contribution in [2.24, 2.45) is 16.7 Å². The van der Waals surface area contributed by atoms with Crippen molar-refractivity contribution >= 4 is 11.7 Å². The van der Waals surface area contributed by atoms with Crippen molar-refractivity contribution in [1.29, 1.82) is 0 Å². The number of hydrogen-bond donors (Lipinski definition) is 3. The molecule has 0 spiro atoms. The van der Waals surface area contributed by atoms with Crippen LogP contribution in [0, 0.1) is 0 Å². The van der Waals surface area contributed by atoms with Crippen molar-refractivity contribution in [3.63, 3.8) is 0 Å². The number of hydrazine groups is 1. The fraction of sp³-hybridized carbons (Fsp3) is 0.524. The highest BCUT2D eigenvalue weighted by molar-refractivity contribution is 5.80. The van der Waals surface area contributed by atoms with Crippen molar-refractivity contribution < 1.29 is 13.6 Å². The number of unbranched alkanes of at least 4 members (excludes halogenated alkanes) is 3. The van der Waals surface area contributed by atoms with Crippen LogP contribution in [0.3, 0.4) is 0 Å². The molecule has 5 N–H and O–H groups in total. The molecule has 8 heteroatoms. The molecule has 0 aliphatic carbocycles. The summed E-state index contributed by atoms with van der Waals surface area (Å²) in [5.41, 5.74) is 7.82. The smallest absolute Gasteiger partial charge is 0.276 e. The highest BCUT2D eigenvalue weighted by atomic mass is 19.3. The van der Waals surface area contributed by atoms with Gasteiger partial charge in [-0.25, -0.2) is 20.2 Å². The van der Waals surface area contributed by atoms with Gasteiger partial charge in [0.1, 0.15) is 5.84 Å². The van der Waals surface area contributed by atoms with Gasteiger partial charge in [-0.3, -0.25) is 4.79 Å². The lowest BCUT2D eigenvalue weighted by Crippen LogP contribution is -2.32. The fourth-order valence-corrected chi connectivity index (χ4v) is 3.50. The monoisotopic (exact) mass is 407 g/mol. The summed E-state index contributed by atoms with van der Waals surface area (Å²) in [7, 11) is 0. The molecule has 2 rings (SSSR count). The molecule has 1 aliphatic heterocycles. The average Bonchev–Trinajstić information content (AvgIpc) is 3.05. The normalized spacial score (nSPS) is 18.0. The second-order valence-electron chi connectivity index (χ2n) is 7.29. The predicted molar refractivity (Wildman–Crippen MR) is 111 cm³/mol. The van der Waals surface area contributed by atoms with E-state index in [2.05, 4.69) is 10.6 Å². The third-order valence-corrected chi connectivity index (χ3v) is 5.09. The molecular weight excluding hydrogens is 376 g/mol.